The number of aromatic nitrogens is 2. The lowest BCUT2D eigenvalue weighted by atomic mass is 9.74. The molecule has 0 radical (unpaired) electrons. The second-order valence-electron chi connectivity index (χ2n) is 6.66. The maximum Gasteiger partial charge on any atom is 0.0524 e. The zero-order valence-electron chi connectivity index (χ0n) is 12.3. The fourth-order valence-corrected chi connectivity index (χ4v) is 4.00. The van der Waals surface area contributed by atoms with Gasteiger partial charge in [-0.05, 0) is 56.7 Å². The summed E-state index contributed by atoms with van der Waals surface area (Å²) in [6.07, 6.45) is 11.5. The van der Waals surface area contributed by atoms with Crippen LogP contribution in [0.5, 0.6) is 0 Å². The van der Waals surface area contributed by atoms with Gasteiger partial charge in [0.15, 0.2) is 0 Å². The maximum atomic E-state index is 4.55. The smallest absolute Gasteiger partial charge is 0.0524 e. The normalized spacial score (nSPS) is 29.2. The molecule has 1 aliphatic heterocycles. The zero-order chi connectivity index (χ0) is 13.2. The molecule has 1 aromatic heterocycles. The Morgan fingerprint density at radius 2 is 2.05 bits per heavy atom. The van der Waals surface area contributed by atoms with Gasteiger partial charge in [-0.1, -0.05) is 25.7 Å². The molecule has 2 fully saturated rings. The van der Waals surface area contributed by atoms with Gasteiger partial charge in [0, 0.05) is 12.2 Å². The molecule has 1 N–H and O–H groups in total. The van der Waals surface area contributed by atoms with Crippen LogP contribution in [0, 0.1) is 11.8 Å². The van der Waals surface area contributed by atoms with Crippen LogP contribution < -0.4 is 5.32 Å². The molecule has 19 heavy (non-hydrogen) atoms. The molecule has 3 nitrogen and oxygen atoms in total. The van der Waals surface area contributed by atoms with E-state index in [2.05, 4.69) is 41.3 Å². The molecule has 2 atom stereocenters. The highest BCUT2D eigenvalue weighted by molar-refractivity contribution is 5.15. The third kappa shape index (κ3) is 2.71. The summed E-state index contributed by atoms with van der Waals surface area (Å²) in [6.45, 7) is 6.78. The molecule has 1 saturated carbocycles. The van der Waals surface area contributed by atoms with Crippen LogP contribution in [0.25, 0.3) is 0 Å². The van der Waals surface area contributed by atoms with Gasteiger partial charge in [0.2, 0.25) is 0 Å². The summed E-state index contributed by atoms with van der Waals surface area (Å²) < 4.78 is 2.11. The second-order valence-corrected chi connectivity index (χ2v) is 6.66. The molecule has 1 saturated heterocycles. The van der Waals surface area contributed by atoms with Crippen LogP contribution in [0.2, 0.25) is 0 Å². The first-order valence-electron chi connectivity index (χ1n) is 8.00. The van der Waals surface area contributed by atoms with Crippen LogP contribution in [0.15, 0.2) is 12.4 Å². The standard InChI is InChI=1S/C16H27N3/c1-12(2)19-11-14(9-18-19)15-7-8-17-10-16(15)13-5-3-4-6-13/h9,11-13,15-17H,3-8,10H2,1-2H3. The van der Waals surface area contributed by atoms with Crippen molar-refractivity contribution in [3.8, 4) is 0 Å². The molecule has 106 valence electrons. The van der Waals surface area contributed by atoms with E-state index in [4.69, 9.17) is 0 Å². The van der Waals surface area contributed by atoms with Crippen molar-refractivity contribution in [2.75, 3.05) is 13.1 Å². The number of hydrogen-bond donors (Lipinski definition) is 1. The molecule has 1 aliphatic carbocycles. The zero-order valence-corrected chi connectivity index (χ0v) is 12.3. The highest BCUT2D eigenvalue weighted by atomic mass is 15.3. The number of rotatable bonds is 3. The summed E-state index contributed by atoms with van der Waals surface area (Å²) in [6, 6.07) is 0.473. The van der Waals surface area contributed by atoms with Crippen molar-refractivity contribution in [1.82, 2.24) is 15.1 Å². The lowest BCUT2D eigenvalue weighted by molar-refractivity contribution is 0.231. The average Bonchev–Trinajstić information content (AvgIpc) is 3.10. The van der Waals surface area contributed by atoms with Gasteiger partial charge in [-0.2, -0.15) is 5.10 Å². The molecule has 2 aliphatic rings. The molecule has 0 spiro atoms. The van der Waals surface area contributed by atoms with Crippen LogP contribution >= 0.6 is 0 Å². The van der Waals surface area contributed by atoms with Gasteiger partial charge < -0.3 is 5.32 Å². The van der Waals surface area contributed by atoms with Crippen LogP contribution in [0.1, 0.15) is 63.5 Å². The molecule has 2 heterocycles. The van der Waals surface area contributed by atoms with Crippen LogP contribution in [-0.2, 0) is 0 Å². The number of nitrogens with one attached hydrogen (secondary N) is 1. The van der Waals surface area contributed by atoms with Gasteiger partial charge in [0.1, 0.15) is 0 Å². The molecular weight excluding hydrogens is 234 g/mol. The third-order valence-electron chi connectivity index (χ3n) is 5.11. The minimum atomic E-state index is 0.473. The van der Waals surface area contributed by atoms with E-state index in [0.717, 1.165) is 17.8 Å². The van der Waals surface area contributed by atoms with E-state index in [-0.39, 0.29) is 0 Å². The molecule has 2 unspecified atom stereocenters. The van der Waals surface area contributed by atoms with Crippen molar-refractivity contribution in [1.29, 1.82) is 0 Å². The van der Waals surface area contributed by atoms with E-state index < -0.39 is 0 Å². The van der Waals surface area contributed by atoms with Crippen molar-refractivity contribution >= 4 is 0 Å². The first kappa shape index (κ1) is 13.2. The van der Waals surface area contributed by atoms with Crippen LogP contribution in [0.4, 0.5) is 0 Å². The lowest BCUT2D eigenvalue weighted by Crippen LogP contribution is -2.38. The molecule has 3 heteroatoms. The molecule has 0 bridgehead atoms. The first-order valence-corrected chi connectivity index (χ1v) is 8.00. The predicted molar refractivity (Wildman–Crippen MR) is 78.3 cm³/mol. The minimum Gasteiger partial charge on any atom is -0.316 e. The highest BCUT2D eigenvalue weighted by Crippen LogP contribution is 2.41. The molecule has 1 aromatic rings. The van der Waals surface area contributed by atoms with Crippen molar-refractivity contribution in [2.24, 2.45) is 11.8 Å². The lowest BCUT2D eigenvalue weighted by Gasteiger charge is -2.35. The Hall–Kier alpha value is -0.830. The molecule has 0 aromatic carbocycles. The Morgan fingerprint density at radius 3 is 2.74 bits per heavy atom. The van der Waals surface area contributed by atoms with Crippen molar-refractivity contribution in [2.45, 2.75) is 57.9 Å². The largest absolute Gasteiger partial charge is 0.316 e. The fourth-order valence-electron chi connectivity index (χ4n) is 4.00. The summed E-state index contributed by atoms with van der Waals surface area (Å²) in [7, 11) is 0. The number of nitrogens with zero attached hydrogens (tertiary/aromatic N) is 2. The summed E-state index contributed by atoms with van der Waals surface area (Å²) in [5, 5.41) is 8.16. The van der Waals surface area contributed by atoms with Crippen molar-refractivity contribution in [3.63, 3.8) is 0 Å². The van der Waals surface area contributed by atoms with Gasteiger partial charge in [0.05, 0.1) is 6.20 Å². The van der Waals surface area contributed by atoms with E-state index in [1.54, 1.807) is 0 Å². The Kier molecular flexibility index (Phi) is 3.92. The Morgan fingerprint density at radius 1 is 1.26 bits per heavy atom. The fraction of sp³-hybridized carbons (Fsp3) is 0.812. The quantitative estimate of drug-likeness (QED) is 0.904. The topological polar surface area (TPSA) is 29.9 Å². The van der Waals surface area contributed by atoms with Gasteiger partial charge >= 0.3 is 0 Å². The molecular formula is C16H27N3. The van der Waals surface area contributed by atoms with Gasteiger partial charge in [-0.25, -0.2) is 0 Å². The first-order chi connectivity index (χ1) is 9.25. The SMILES string of the molecule is CC(C)n1cc(C2CCNCC2C2CCCC2)cn1. The van der Waals surface area contributed by atoms with Gasteiger partial charge in [0.25, 0.3) is 0 Å². The van der Waals surface area contributed by atoms with E-state index in [9.17, 15) is 0 Å². The second kappa shape index (κ2) is 5.66. The Bertz CT molecular complexity index is 404. The van der Waals surface area contributed by atoms with Crippen molar-refractivity contribution in [3.05, 3.63) is 18.0 Å². The Labute approximate surface area is 116 Å². The summed E-state index contributed by atoms with van der Waals surface area (Å²) in [5.74, 6) is 2.51. The highest BCUT2D eigenvalue weighted by Gasteiger charge is 2.34. The van der Waals surface area contributed by atoms with E-state index >= 15 is 0 Å². The van der Waals surface area contributed by atoms with Crippen LogP contribution in [-0.4, -0.2) is 22.9 Å². The number of piperidine rings is 1. The van der Waals surface area contributed by atoms with E-state index in [0.29, 0.717) is 6.04 Å². The van der Waals surface area contributed by atoms with Crippen molar-refractivity contribution < 1.29 is 0 Å². The summed E-state index contributed by atoms with van der Waals surface area (Å²) in [4.78, 5) is 0. The predicted octanol–water partition coefficient (Wildman–Crippen LogP) is 3.35. The Balaban J connectivity index is 1.78. The molecule has 3 rings (SSSR count). The molecule has 0 amide bonds. The van der Waals surface area contributed by atoms with Gasteiger partial charge in [-0.15, -0.1) is 0 Å². The van der Waals surface area contributed by atoms with E-state index in [1.807, 2.05) is 0 Å². The maximum absolute atomic E-state index is 4.55. The number of hydrogen-bond acceptors (Lipinski definition) is 2. The van der Waals surface area contributed by atoms with Crippen LogP contribution in [0.3, 0.4) is 0 Å². The minimum absolute atomic E-state index is 0.473. The van der Waals surface area contributed by atoms with Gasteiger partial charge in [-0.3, -0.25) is 4.68 Å². The monoisotopic (exact) mass is 261 g/mol. The van der Waals surface area contributed by atoms with E-state index in [1.165, 1.54) is 50.8 Å². The third-order valence-corrected chi connectivity index (χ3v) is 5.11. The summed E-state index contributed by atoms with van der Waals surface area (Å²) >= 11 is 0. The average molecular weight is 261 g/mol. The summed E-state index contributed by atoms with van der Waals surface area (Å²) in [5.41, 5.74) is 1.48.